The molecule has 0 rings (SSSR count). The summed E-state index contributed by atoms with van der Waals surface area (Å²) in [5.41, 5.74) is 0. The first-order valence-corrected chi connectivity index (χ1v) is 42.8. The Morgan fingerprint density at radius 2 is 0.538 bits per heavy atom. The Bertz CT molecular complexity index is 1510. The number of aliphatic hydroxyl groups is 2. The summed E-state index contributed by atoms with van der Waals surface area (Å²) in [5, 5.41) is 23.3. The van der Waals surface area contributed by atoms with Crippen molar-refractivity contribution >= 4 is 11.9 Å². The highest BCUT2D eigenvalue weighted by molar-refractivity contribution is 5.76. The minimum absolute atomic E-state index is 0.0224. The van der Waals surface area contributed by atoms with Gasteiger partial charge in [0.05, 0.1) is 25.4 Å². The first kappa shape index (κ1) is 91.1. The number of rotatable bonds is 81. The van der Waals surface area contributed by atoms with Crippen LogP contribution in [0.2, 0.25) is 0 Å². The van der Waals surface area contributed by atoms with E-state index in [0.717, 1.165) is 44.9 Å². The summed E-state index contributed by atoms with van der Waals surface area (Å²) in [7, 11) is 0. The van der Waals surface area contributed by atoms with E-state index in [9.17, 15) is 19.8 Å². The molecule has 0 heterocycles. The molecule has 0 aromatic heterocycles. The van der Waals surface area contributed by atoms with Gasteiger partial charge in [-0.15, -0.1) is 0 Å². The average Bonchev–Trinajstić information content (AvgIpc) is 3.78. The van der Waals surface area contributed by atoms with Crippen molar-refractivity contribution in [3.05, 3.63) is 36.5 Å². The summed E-state index contributed by atoms with van der Waals surface area (Å²) >= 11 is 0. The van der Waals surface area contributed by atoms with Gasteiger partial charge in [0.2, 0.25) is 5.91 Å². The van der Waals surface area contributed by atoms with Crippen LogP contribution in [0.5, 0.6) is 0 Å². The van der Waals surface area contributed by atoms with Crippen molar-refractivity contribution in [1.29, 1.82) is 0 Å². The molecule has 0 aromatic carbocycles. The second-order valence-corrected chi connectivity index (χ2v) is 29.5. The molecule has 93 heavy (non-hydrogen) atoms. The van der Waals surface area contributed by atoms with Crippen LogP contribution in [0, 0.1) is 0 Å². The van der Waals surface area contributed by atoms with Crippen LogP contribution in [0.4, 0.5) is 0 Å². The maximum atomic E-state index is 12.6. The lowest BCUT2D eigenvalue weighted by Gasteiger charge is -2.20. The van der Waals surface area contributed by atoms with E-state index in [-0.39, 0.29) is 18.5 Å². The number of amides is 1. The third-order valence-corrected chi connectivity index (χ3v) is 20.2. The van der Waals surface area contributed by atoms with Crippen LogP contribution < -0.4 is 5.32 Å². The fourth-order valence-corrected chi connectivity index (χ4v) is 13.7. The summed E-state index contributed by atoms with van der Waals surface area (Å²) in [6, 6.07) is -0.628. The van der Waals surface area contributed by atoms with Crippen molar-refractivity contribution in [1.82, 2.24) is 5.32 Å². The topological polar surface area (TPSA) is 95.9 Å². The van der Waals surface area contributed by atoms with E-state index in [1.807, 2.05) is 6.08 Å². The van der Waals surface area contributed by atoms with Crippen LogP contribution in [0.3, 0.4) is 0 Å². The summed E-state index contributed by atoms with van der Waals surface area (Å²) in [6.45, 7) is 4.96. The van der Waals surface area contributed by atoms with Gasteiger partial charge in [0, 0.05) is 12.8 Å². The number of allylic oxidation sites excluding steroid dienone is 5. The molecule has 3 N–H and O–H groups in total. The van der Waals surface area contributed by atoms with Gasteiger partial charge in [0.25, 0.3) is 0 Å². The second-order valence-electron chi connectivity index (χ2n) is 29.5. The van der Waals surface area contributed by atoms with E-state index in [1.165, 1.54) is 411 Å². The predicted octanol–water partition coefficient (Wildman–Crippen LogP) is 28.6. The van der Waals surface area contributed by atoms with E-state index in [0.29, 0.717) is 19.4 Å². The van der Waals surface area contributed by atoms with E-state index in [2.05, 4.69) is 43.5 Å². The van der Waals surface area contributed by atoms with Crippen LogP contribution >= 0.6 is 0 Å². The Balaban J connectivity index is 3.38. The Morgan fingerprint density at radius 1 is 0.301 bits per heavy atom. The van der Waals surface area contributed by atoms with Crippen molar-refractivity contribution < 1.29 is 24.5 Å². The second kappa shape index (κ2) is 82.5. The minimum atomic E-state index is -0.844. The van der Waals surface area contributed by atoms with Crippen molar-refractivity contribution in [2.75, 3.05) is 13.2 Å². The molecule has 0 aliphatic rings. The van der Waals surface area contributed by atoms with E-state index in [4.69, 9.17) is 4.74 Å². The molecule has 0 fully saturated rings. The molecular formula is C87H167NO5. The van der Waals surface area contributed by atoms with Crippen molar-refractivity contribution in [2.45, 2.75) is 495 Å². The normalized spacial score (nSPS) is 12.6. The summed E-state index contributed by atoms with van der Waals surface area (Å²) in [5.74, 6) is -0.0375. The fraction of sp³-hybridized carbons (Fsp3) is 0.908. The van der Waals surface area contributed by atoms with Crippen LogP contribution in [0.1, 0.15) is 483 Å². The van der Waals surface area contributed by atoms with Gasteiger partial charge in [-0.1, -0.05) is 442 Å². The molecule has 6 heteroatoms. The highest BCUT2D eigenvalue weighted by Gasteiger charge is 2.18. The lowest BCUT2D eigenvalue weighted by Crippen LogP contribution is -2.45. The number of unbranched alkanes of at least 4 members (excludes halogenated alkanes) is 66. The fourth-order valence-electron chi connectivity index (χ4n) is 13.7. The third-order valence-electron chi connectivity index (χ3n) is 20.2. The quantitative estimate of drug-likeness (QED) is 0.0320. The lowest BCUT2D eigenvalue weighted by molar-refractivity contribution is -0.143. The molecule has 0 spiro atoms. The molecule has 6 nitrogen and oxygen atoms in total. The highest BCUT2D eigenvalue weighted by atomic mass is 16.5. The summed E-state index contributed by atoms with van der Waals surface area (Å²) < 4.78 is 5.51. The van der Waals surface area contributed by atoms with E-state index >= 15 is 0 Å². The molecular weight excluding hydrogens is 1140 g/mol. The number of esters is 1. The van der Waals surface area contributed by atoms with Crippen LogP contribution in [-0.4, -0.2) is 47.4 Å². The zero-order valence-electron chi connectivity index (χ0n) is 63.3. The molecule has 0 saturated carbocycles. The van der Waals surface area contributed by atoms with Gasteiger partial charge in [0.15, 0.2) is 0 Å². The zero-order chi connectivity index (χ0) is 67.0. The maximum Gasteiger partial charge on any atom is 0.305 e. The van der Waals surface area contributed by atoms with Gasteiger partial charge < -0.3 is 20.3 Å². The number of aliphatic hydroxyl groups excluding tert-OH is 2. The molecule has 0 aromatic rings. The number of nitrogens with one attached hydrogen (secondary N) is 1. The first-order chi connectivity index (χ1) is 46.0. The van der Waals surface area contributed by atoms with Gasteiger partial charge in [-0.05, 0) is 64.2 Å². The Hall–Kier alpha value is -1.92. The smallest absolute Gasteiger partial charge is 0.305 e. The molecule has 1 amide bonds. The minimum Gasteiger partial charge on any atom is -0.466 e. The maximum absolute atomic E-state index is 12.6. The van der Waals surface area contributed by atoms with Gasteiger partial charge in [0.1, 0.15) is 0 Å². The predicted molar refractivity (Wildman–Crippen MR) is 412 cm³/mol. The number of ether oxygens (including phenoxy) is 1. The van der Waals surface area contributed by atoms with Gasteiger partial charge in [-0.25, -0.2) is 0 Å². The molecule has 0 saturated heterocycles. The van der Waals surface area contributed by atoms with Gasteiger partial charge in [-0.2, -0.15) is 0 Å². The highest BCUT2D eigenvalue weighted by Crippen LogP contribution is 2.20. The zero-order valence-corrected chi connectivity index (χ0v) is 63.3. The van der Waals surface area contributed by atoms with Crippen molar-refractivity contribution in [3.63, 3.8) is 0 Å². The largest absolute Gasteiger partial charge is 0.466 e. The van der Waals surface area contributed by atoms with E-state index < -0.39 is 12.1 Å². The van der Waals surface area contributed by atoms with Gasteiger partial charge in [-0.3, -0.25) is 9.59 Å². The number of carbonyl (C=O) groups is 2. The summed E-state index contributed by atoms with van der Waals surface area (Å²) in [6.07, 6.45) is 109. The van der Waals surface area contributed by atoms with Crippen molar-refractivity contribution in [2.24, 2.45) is 0 Å². The molecule has 0 radical (unpaired) electrons. The summed E-state index contributed by atoms with van der Waals surface area (Å²) in [4.78, 5) is 24.7. The Labute approximate surface area is 583 Å². The van der Waals surface area contributed by atoms with Gasteiger partial charge >= 0.3 is 5.97 Å². The van der Waals surface area contributed by atoms with Crippen LogP contribution in [-0.2, 0) is 14.3 Å². The Kier molecular flexibility index (Phi) is 80.8. The molecule has 0 aliphatic carbocycles. The van der Waals surface area contributed by atoms with Crippen LogP contribution in [0.25, 0.3) is 0 Å². The molecule has 550 valence electrons. The number of hydrogen-bond donors (Lipinski definition) is 3. The average molecular weight is 1310 g/mol. The third kappa shape index (κ3) is 79.0. The van der Waals surface area contributed by atoms with Crippen LogP contribution in [0.15, 0.2) is 36.5 Å². The molecule has 0 aliphatic heterocycles. The lowest BCUT2D eigenvalue weighted by atomic mass is 10.0. The Morgan fingerprint density at radius 3 is 0.817 bits per heavy atom. The van der Waals surface area contributed by atoms with Crippen molar-refractivity contribution in [3.8, 4) is 0 Å². The molecule has 2 unspecified atom stereocenters. The number of hydrogen-bond acceptors (Lipinski definition) is 5. The standard InChI is InChI=1S/C87H167NO5/c1-3-5-7-9-11-13-15-17-19-20-21-22-23-39-42-45-48-52-55-59-63-67-71-75-79-85(90)84(83-89)88-86(91)80-76-72-68-64-60-56-53-49-46-43-40-37-35-33-31-29-27-25-24-26-28-30-32-34-36-38-41-44-47-50-54-58-62-66-70-74-78-82-93-87(92)81-77-73-69-65-61-57-51-18-16-14-12-10-8-6-4-2/h24,26,30,32,75,79,84-85,89-90H,3-23,25,27-29,31,33-74,76-78,80-83H2,1-2H3,(H,88,91)/b26-24-,32-30-,79-75+. The molecule has 2 atom stereocenters. The number of carbonyl (C=O) groups excluding carboxylic acids is 2. The monoisotopic (exact) mass is 1310 g/mol. The SMILES string of the molecule is CCCCCCCCCCCCCCCCCCCCCCCC/C=C/C(O)C(CO)NC(=O)CCCCCCCCCCCCCCCCCCC/C=C\C/C=C\CCCCCCCCCCCCCCCOC(=O)CCCCCCCCCCCCCCCCC. The molecule has 0 bridgehead atoms. The first-order valence-electron chi connectivity index (χ1n) is 42.8. The van der Waals surface area contributed by atoms with E-state index in [1.54, 1.807) is 6.08 Å².